The maximum absolute atomic E-state index is 12.3. The summed E-state index contributed by atoms with van der Waals surface area (Å²) in [7, 11) is 0. The number of carboxylic acid groups (broad SMARTS) is 1. The van der Waals surface area contributed by atoms with Crippen molar-refractivity contribution in [1.29, 1.82) is 0 Å². The van der Waals surface area contributed by atoms with Crippen LogP contribution in [-0.4, -0.2) is 22.0 Å². The highest BCUT2D eigenvalue weighted by Crippen LogP contribution is 2.36. The molecule has 102 valence electrons. The molecule has 0 radical (unpaired) electrons. The van der Waals surface area contributed by atoms with Gasteiger partial charge in [0.05, 0.1) is 0 Å². The summed E-state index contributed by atoms with van der Waals surface area (Å²) in [6.45, 7) is 1.97. The number of anilines is 1. The van der Waals surface area contributed by atoms with Crippen LogP contribution in [0.2, 0.25) is 0 Å². The van der Waals surface area contributed by atoms with Crippen molar-refractivity contribution < 1.29 is 14.7 Å². The molecule has 5 heteroatoms. The zero-order valence-electron chi connectivity index (χ0n) is 11.0. The number of aromatic nitrogens is 1. The van der Waals surface area contributed by atoms with Crippen molar-refractivity contribution in [3.8, 4) is 0 Å². The van der Waals surface area contributed by atoms with E-state index < -0.39 is 5.97 Å². The van der Waals surface area contributed by atoms with Crippen LogP contribution in [-0.2, 0) is 4.79 Å². The first-order valence-corrected chi connectivity index (χ1v) is 6.52. The minimum absolute atomic E-state index is 0.0326. The Morgan fingerprint density at radius 3 is 2.63 bits per heavy atom. The Balaban J connectivity index is 2.10. The van der Waals surface area contributed by atoms with Gasteiger partial charge >= 0.3 is 5.97 Å². The summed E-state index contributed by atoms with van der Waals surface area (Å²) in [5.74, 6) is -1.13. The first-order chi connectivity index (χ1) is 9.01. The van der Waals surface area contributed by atoms with Crippen molar-refractivity contribution in [3.63, 3.8) is 0 Å². The van der Waals surface area contributed by atoms with Crippen LogP contribution in [0.5, 0.6) is 0 Å². The molecule has 0 unspecified atom stereocenters. The van der Waals surface area contributed by atoms with E-state index in [1.807, 2.05) is 6.92 Å². The number of carbonyl (C=O) groups is 2. The average Bonchev–Trinajstić information content (AvgIpc) is 2.40. The van der Waals surface area contributed by atoms with Gasteiger partial charge in [-0.3, -0.25) is 4.79 Å². The highest BCUT2D eigenvalue weighted by Gasteiger charge is 2.34. The summed E-state index contributed by atoms with van der Waals surface area (Å²) in [6.07, 6.45) is 6.48. The largest absolute Gasteiger partial charge is 0.477 e. The summed E-state index contributed by atoms with van der Waals surface area (Å²) >= 11 is 0. The van der Waals surface area contributed by atoms with Crippen molar-refractivity contribution in [2.24, 2.45) is 5.41 Å². The number of carbonyl (C=O) groups excluding carboxylic acids is 1. The molecule has 0 aromatic carbocycles. The lowest BCUT2D eigenvalue weighted by Crippen LogP contribution is -2.35. The number of pyridine rings is 1. The smallest absolute Gasteiger partial charge is 0.354 e. The van der Waals surface area contributed by atoms with Gasteiger partial charge in [-0.2, -0.15) is 0 Å². The Kier molecular flexibility index (Phi) is 3.83. The van der Waals surface area contributed by atoms with Crippen LogP contribution in [0.3, 0.4) is 0 Å². The van der Waals surface area contributed by atoms with Crippen LogP contribution < -0.4 is 5.32 Å². The van der Waals surface area contributed by atoms with Gasteiger partial charge in [-0.05, 0) is 25.0 Å². The van der Waals surface area contributed by atoms with Crippen LogP contribution in [0.4, 0.5) is 5.69 Å². The molecule has 1 aromatic rings. The molecule has 2 rings (SSSR count). The van der Waals surface area contributed by atoms with Crippen molar-refractivity contribution in [2.45, 2.75) is 39.0 Å². The third-order valence-electron chi connectivity index (χ3n) is 3.74. The second-order valence-electron chi connectivity index (χ2n) is 5.31. The quantitative estimate of drug-likeness (QED) is 0.877. The van der Waals surface area contributed by atoms with Crippen LogP contribution >= 0.6 is 0 Å². The third kappa shape index (κ3) is 3.10. The summed E-state index contributed by atoms with van der Waals surface area (Å²) < 4.78 is 0. The first-order valence-electron chi connectivity index (χ1n) is 6.52. The van der Waals surface area contributed by atoms with E-state index in [0.717, 1.165) is 25.7 Å². The maximum Gasteiger partial charge on any atom is 0.354 e. The fraction of sp³-hybridized carbons (Fsp3) is 0.500. The van der Waals surface area contributed by atoms with Crippen molar-refractivity contribution in [1.82, 2.24) is 4.98 Å². The third-order valence-corrected chi connectivity index (χ3v) is 3.74. The average molecular weight is 262 g/mol. The number of rotatable bonds is 3. The highest BCUT2D eigenvalue weighted by molar-refractivity contribution is 5.96. The molecule has 19 heavy (non-hydrogen) atoms. The molecular formula is C14H18N2O3. The summed E-state index contributed by atoms with van der Waals surface area (Å²) in [5, 5.41) is 11.7. The number of aromatic carboxylic acids is 1. The van der Waals surface area contributed by atoms with Gasteiger partial charge in [0, 0.05) is 17.3 Å². The second kappa shape index (κ2) is 5.38. The minimum atomic E-state index is -1.10. The SMILES string of the molecule is CC1(C(=O)Nc2ccnc(C(=O)O)c2)CCCCC1. The van der Waals surface area contributed by atoms with E-state index in [2.05, 4.69) is 10.3 Å². The predicted molar refractivity (Wildman–Crippen MR) is 71.0 cm³/mol. The van der Waals surface area contributed by atoms with Gasteiger partial charge in [0.15, 0.2) is 0 Å². The van der Waals surface area contributed by atoms with Crippen molar-refractivity contribution >= 4 is 17.6 Å². The standard InChI is InChI=1S/C14H18N2O3/c1-14(6-3-2-4-7-14)13(19)16-10-5-8-15-11(9-10)12(17)18/h5,8-9H,2-4,6-7H2,1H3,(H,17,18)(H,15,16,19). The topological polar surface area (TPSA) is 79.3 Å². The lowest BCUT2D eigenvalue weighted by atomic mass is 9.75. The molecule has 0 saturated heterocycles. The Morgan fingerprint density at radius 2 is 2.00 bits per heavy atom. The van der Waals surface area contributed by atoms with E-state index >= 15 is 0 Å². The second-order valence-corrected chi connectivity index (χ2v) is 5.31. The van der Waals surface area contributed by atoms with Gasteiger partial charge in [-0.15, -0.1) is 0 Å². The van der Waals surface area contributed by atoms with E-state index in [1.165, 1.54) is 18.7 Å². The fourth-order valence-electron chi connectivity index (χ4n) is 2.47. The lowest BCUT2D eigenvalue weighted by Gasteiger charge is -2.32. The number of carboxylic acids is 1. The molecule has 1 aliphatic carbocycles. The van der Waals surface area contributed by atoms with Crippen LogP contribution in [0.25, 0.3) is 0 Å². The van der Waals surface area contributed by atoms with E-state index in [9.17, 15) is 9.59 Å². The monoisotopic (exact) mass is 262 g/mol. The molecule has 0 atom stereocenters. The van der Waals surface area contributed by atoms with Crippen LogP contribution in [0.15, 0.2) is 18.3 Å². The minimum Gasteiger partial charge on any atom is -0.477 e. The van der Waals surface area contributed by atoms with E-state index in [4.69, 9.17) is 5.11 Å². The fourth-order valence-corrected chi connectivity index (χ4v) is 2.47. The Hall–Kier alpha value is -1.91. The van der Waals surface area contributed by atoms with Crippen molar-refractivity contribution in [3.05, 3.63) is 24.0 Å². The van der Waals surface area contributed by atoms with Crippen molar-refractivity contribution in [2.75, 3.05) is 5.32 Å². The Labute approximate surface area is 112 Å². The number of hydrogen-bond acceptors (Lipinski definition) is 3. The molecule has 5 nitrogen and oxygen atoms in total. The first kappa shape index (κ1) is 13.5. The predicted octanol–water partition coefficient (Wildman–Crippen LogP) is 2.69. The summed E-state index contributed by atoms with van der Waals surface area (Å²) in [4.78, 5) is 26.8. The molecule has 0 bridgehead atoms. The van der Waals surface area contributed by atoms with Crippen LogP contribution in [0, 0.1) is 5.41 Å². The van der Waals surface area contributed by atoms with E-state index in [-0.39, 0.29) is 17.0 Å². The summed E-state index contributed by atoms with van der Waals surface area (Å²) in [5.41, 5.74) is 0.0843. The van der Waals surface area contributed by atoms with E-state index in [0.29, 0.717) is 5.69 Å². The number of amides is 1. The van der Waals surface area contributed by atoms with Gasteiger partial charge in [0.25, 0.3) is 0 Å². The summed E-state index contributed by atoms with van der Waals surface area (Å²) in [6, 6.07) is 2.99. The maximum atomic E-state index is 12.3. The molecule has 2 N–H and O–H groups in total. The molecule has 1 heterocycles. The van der Waals surface area contributed by atoms with E-state index in [1.54, 1.807) is 6.07 Å². The molecular weight excluding hydrogens is 244 g/mol. The molecule has 1 aromatic heterocycles. The molecule has 1 saturated carbocycles. The zero-order chi connectivity index (χ0) is 13.9. The van der Waals surface area contributed by atoms with Crippen LogP contribution in [0.1, 0.15) is 49.5 Å². The number of nitrogens with zero attached hydrogens (tertiary/aromatic N) is 1. The molecule has 1 amide bonds. The van der Waals surface area contributed by atoms with Gasteiger partial charge in [-0.1, -0.05) is 26.2 Å². The number of hydrogen-bond donors (Lipinski definition) is 2. The Bertz CT molecular complexity index is 493. The Morgan fingerprint density at radius 1 is 1.32 bits per heavy atom. The molecule has 0 aliphatic heterocycles. The molecule has 1 aliphatic rings. The number of nitrogens with one attached hydrogen (secondary N) is 1. The van der Waals surface area contributed by atoms with Gasteiger partial charge in [0.2, 0.25) is 5.91 Å². The van der Waals surface area contributed by atoms with Gasteiger partial charge < -0.3 is 10.4 Å². The normalized spacial score (nSPS) is 17.7. The molecule has 1 fully saturated rings. The molecule has 0 spiro atoms. The lowest BCUT2D eigenvalue weighted by molar-refractivity contribution is -0.126. The van der Waals surface area contributed by atoms with Gasteiger partial charge in [-0.25, -0.2) is 9.78 Å². The zero-order valence-corrected chi connectivity index (χ0v) is 11.0. The van der Waals surface area contributed by atoms with Gasteiger partial charge in [0.1, 0.15) is 5.69 Å². The highest BCUT2D eigenvalue weighted by atomic mass is 16.4.